The first-order chi connectivity index (χ1) is 13.2. The van der Waals surface area contributed by atoms with E-state index >= 15 is 0 Å². The topological polar surface area (TPSA) is 60.8 Å². The van der Waals surface area contributed by atoms with Crippen molar-refractivity contribution in [2.45, 2.75) is 4.90 Å². The Hall–Kier alpha value is -1.55. The molecule has 0 aliphatic carbocycles. The normalized spacial score (nSPS) is 11.9. The Labute approximate surface area is 181 Å². The number of halogens is 2. The van der Waals surface area contributed by atoms with Crippen molar-refractivity contribution >= 4 is 52.8 Å². The molecule has 0 aliphatic heterocycles. The van der Waals surface area contributed by atoms with Gasteiger partial charge in [0.25, 0.3) is 10.0 Å². The molecule has 1 aromatic heterocycles. The summed E-state index contributed by atoms with van der Waals surface area (Å²) in [4.78, 5) is 2.15. The lowest BCUT2D eigenvalue weighted by molar-refractivity contribution is 0.263. The predicted molar refractivity (Wildman–Crippen MR) is 117 cm³/mol. The van der Waals surface area contributed by atoms with Gasteiger partial charge in [-0.05, 0) is 66.4 Å². The van der Waals surface area contributed by atoms with Crippen LogP contribution < -0.4 is 9.47 Å². The first kappa shape index (κ1) is 21.2. The molecule has 2 aromatic carbocycles. The van der Waals surface area contributed by atoms with Crippen molar-refractivity contribution < 1.29 is 17.9 Å². The largest absolute Gasteiger partial charge is 0.497 e. The van der Waals surface area contributed by atoms with E-state index in [1.165, 1.54) is 23.3 Å². The van der Waals surface area contributed by atoms with Gasteiger partial charge >= 0.3 is 0 Å². The Kier molecular flexibility index (Phi) is 6.38. The second kappa shape index (κ2) is 8.44. The van der Waals surface area contributed by atoms with Crippen LogP contribution in [0, 0.1) is 0 Å². The minimum absolute atomic E-state index is 0.146. The van der Waals surface area contributed by atoms with Crippen LogP contribution in [0.15, 0.2) is 56.4 Å². The highest BCUT2D eigenvalue weighted by molar-refractivity contribution is 9.10. The van der Waals surface area contributed by atoms with E-state index in [0.29, 0.717) is 28.1 Å². The Morgan fingerprint density at radius 3 is 2.50 bits per heavy atom. The van der Waals surface area contributed by atoms with Crippen molar-refractivity contribution in [3.8, 4) is 11.5 Å². The molecular weight excluding hydrogens is 512 g/mol. The van der Waals surface area contributed by atoms with Crippen molar-refractivity contribution in [1.29, 1.82) is 0 Å². The summed E-state index contributed by atoms with van der Waals surface area (Å²) < 4.78 is 40.3. The van der Waals surface area contributed by atoms with Crippen LogP contribution in [-0.2, 0) is 10.0 Å². The van der Waals surface area contributed by atoms with Gasteiger partial charge in [-0.15, -0.1) is 0 Å². The highest BCUT2D eigenvalue weighted by atomic mass is 79.9. The van der Waals surface area contributed by atoms with E-state index in [1.807, 2.05) is 25.1 Å². The van der Waals surface area contributed by atoms with Gasteiger partial charge in [0.1, 0.15) is 23.0 Å². The van der Waals surface area contributed by atoms with Gasteiger partial charge in [0.05, 0.1) is 18.8 Å². The molecular formula is C19H20Br2N2O4S. The summed E-state index contributed by atoms with van der Waals surface area (Å²) in [6.45, 7) is 1.17. The van der Waals surface area contributed by atoms with Crippen molar-refractivity contribution in [1.82, 2.24) is 8.87 Å². The van der Waals surface area contributed by atoms with Gasteiger partial charge in [0.2, 0.25) is 0 Å². The van der Waals surface area contributed by atoms with Gasteiger partial charge < -0.3 is 14.4 Å². The first-order valence-corrected chi connectivity index (χ1v) is 11.4. The summed E-state index contributed by atoms with van der Waals surface area (Å²) in [5, 5.41) is 0.723. The molecule has 0 saturated carbocycles. The van der Waals surface area contributed by atoms with Crippen LogP contribution in [0.3, 0.4) is 0 Å². The number of nitrogens with zero attached hydrogens (tertiary/aromatic N) is 2. The van der Waals surface area contributed by atoms with Crippen LogP contribution in [-0.4, -0.2) is 51.6 Å². The monoisotopic (exact) mass is 530 g/mol. The Bertz CT molecular complexity index is 1110. The predicted octanol–water partition coefficient (Wildman–Crippen LogP) is 4.35. The molecule has 1 heterocycles. The van der Waals surface area contributed by atoms with Crippen molar-refractivity contribution in [3.63, 3.8) is 0 Å². The van der Waals surface area contributed by atoms with Crippen molar-refractivity contribution in [3.05, 3.63) is 51.5 Å². The SMILES string of the molecule is COc1ccc(S(=O)(=O)n2cc(OCCN(C)C)c3cc(Br)ccc32)c(Br)c1. The van der Waals surface area contributed by atoms with Crippen LogP contribution >= 0.6 is 31.9 Å². The zero-order chi connectivity index (χ0) is 20.5. The van der Waals surface area contributed by atoms with E-state index in [-0.39, 0.29) is 4.90 Å². The molecule has 0 aliphatic rings. The molecule has 6 nitrogen and oxygen atoms in total. The molecule has 150 valence electrons. The fraction of sp³-hybridized carbons (Fsp3) is 0.263. The zero-order valence-electron chi connectivity index (χ0n) is 15.6. The third kappa shape index (κ3) is 4.22. The number of fused-ring (bicyclic) bond motifs is 1. The van der Waals surface area contributed by atoms with Crippen LogP contribution in [0.2, 0.25) is 0 Å². The highest BCUT2D eigenvalue weighted by Gasteiger charge is 2.24. The minimum Gasteiger partial charge on any atom is -0.497 e. The van der Waals surface area contributed by atoms with Gasteiger partial charge in [0, 0.05) is 20.9 Å². The summed E-state index contributed by atoms with van der Waals surface area (Å²) in [6.07, 6.45) is 1.53. The maximum absolute atomic E-state index is 13.4. The number of benzene rings is 2. The van der Waals surface area contributed by atoms with Gasteiger partial charge in [-0.2, -0.15) is 0 Å². The average molecular weight is 532 g/mol. The molecule has 3 rings (SSSR count). The summed E-state index contributed by atoms with van der Waals surface area (Å²) in [7, 11) is 1.59. The molecule has 0 fully saturated rings. The van der Waals surface area contributed by atoms with Gasteiger partial charge in [0.15, 0.2) is 0 Å². The Morgan fingerprint density at radius 2 is 1.86 bits per heavy atom. The number of ether oxygens (including phenoxy) is 2. The van der Waals surface area contributed by atoms with E-state index in [0.717, 1.165) is 16.4 Å². The number of hydrogen-bond acceptors (Lipinski definition) is 5. The fourth-order valence-corrected chi connectivity index (χ4v) is 5.46. The van der Waals surface area contributed by atoms with Crippen molar-refractivity contribution in [2.75, 3.05) is 34.4 Å². The number of hydrogen-bond donors (Lipinski definition) is 0. The van der Waals surface area contributed by atoms with E-state index in [9.17, 15) is 8.42 Å². The third-order valence-corrected chi connectivity index (χ3v) is 7.31. The highest BCUT2D eigenvalue weighted by Crippen LogP contribution is 2.35. The summed E-state index contributed by atoms with van der Waals surface area (Å²) in [5.74, 6) is 1.09. The second-order valence-electron chi connectivity index (χ2n) is 6.40. The van der Waals surface area contributed by atoms with Crippen LogP contribution in [0.1, 0.15) is 0 Å². The number of likely N-dealkylation sites (N-methyl/N-ethyl adjacent to an activating group) is 1. The van der Waals surface area contributed by atoms with Gasteiger partial charge in [-0.3, -0.25) is 0 Å². The lowest BCUT2D eigenvalue weighted by Gasteiger charge is -2.11. The quantitative estimate of drug-likeness (QED) is 0.453. The third-order valence-electron chi connectivity index (χ3n) is 4.17. The molecule has 0 amide bonds. The maximum Gasteiger partial charge on any atom is 0.269 e. The Balaban J connectivity index is 2.11. The van der Waals surface area contributed by atoms with Gasteiger partial charge in [-0.25, -0.2) is 12.4 Å². The van der Waals surface area contributed by atoms with Crippen LogP contribution in [0.4, 0.5) is 0 Å². The fourth-order valence-electron chi connectivity index (χ4n) is 2.72. The lowest BCUT2D eigenvalue weighted by atomic mass is 10.2. The molecule has 0 N–H and O–H groups in total. The molecule has 0 unspecified atom stereocenters. The minimum atomic E-state index is -3.85. The van der Waals surface area contributed by atoms with E-state index < -0.39 is 10.0 Å². The summed E-state index contributed by atoms with van der Waals surface area (Å²) in [6, 6.07) is 10.2. The second-order valence-corrected chi connectivity index (χ2v) is 9.96. The van der Waals surface area contributed by atoms with E-state index in [1.54, 1.807) is 24.3 Å². The first-order valence-electron chi connectivity index (χ1n) is 8.41. The van der Waals surface area contributed by atoms with E-state index in [2.05, 4.69) is 31.9 Å². The zero-order valence-corrected chi connectivity index (χ0v) is 19.6. The maximum atomic E-state index is 13.4. The Morgan fingerprint density at radius 1 is 1.11 bits per heavy atom. The smallest absolute Gasteiger partial charge is 0.269 e. The average Bonchev–Trinajstić information content (AvgIpc) is 2.99. The van der Waals surface area contributed by atoms with Crippen molar-refractivity contribution in [2.24, 2.45) is 0 Å². The standard InChI is InChI=1S/C19H20Br2N2O4S/c1-22(2)8-9-27-18-12-23(17-6-4-13(20)10-15(17)18)28(24,25)19-7-5-14(26-3)11-16(19)21/h4-7,10-12H,8-9H2,1-3H3. The summed E-state index contributed by atoms with van der Waals surface area (Å²) >= 11 is 6.79. The lowest BCUT2D eigenvalue weighted by Crippen LogP contribution is -2.19. The molecule has 0 radical (unpaired) electrons. The molecule has 9 heteroatoms. The van der Waals surface area contributed by atoms with Gasteiger partial charge in [-0.1, -0.05) is 15.9 Å². The number of rotatable bonds is 7. The van der Waals surface area contributed by atoms with E-state index in [4.69, 9.17) is 9.47 Å². The molecule has 0 atom stereocenters. The number of aromatic nitrogens is 1. The molecule has 0 saturated heterocycles. The van der Waals surface area contributed by atoms with Crippen LogP contribution in [0.5, 0.6) is 11.5 Å². The molecule has 0 bridgehead atoms. The molecule has 3 aromatic rings. The number of methoxy groups -OCH3 is 1. The molecule has 0 spiro atoms. The van der Waals surface area contributed by atoms with Crippen LogP contribution in [0.25, 0.3) is 10.9 Å². The molecule has 28 heavy (non-hydrogen) atoms. The summed E-state index contributed by atoms with van der Waals surface area (Å²) in [5.41, 5.74) is 0.547.